The van der Waals surface area contributed by atoms with Gasteiger partial charge < -0.3 is 10.6 Å². The van der Waals surface area contributed by atoms with Crippen molar-refractivity contribution in [3.8, 4) is 0 Å². The maximum Gasteiger partial charge on any atom is 0.126 e. The largest absolute Gasteiger partial charge is 0.370 e. The maximum atomic E-state index is 4.54. The molecule has 0 bridgehead atoms. The molecule has 0 unspecified atom stereocenters. The average Bonchev–Trinajstić information content (AvgIpc) is 2.24. The molecule has 2 N–H and O–H groups in total. The number of pyridine rings is 1. The molecule has 3 heteroatoms. The fourth-order valence-electron chi connectivity index (χ4n) is 1.44. The van der Waals surface area contributed by atoms with Crippen molar-refractivity contribution in [3.63, 3.8) is 0 Å². The molecule has 0 saturated heterocycles. The highest BCUT2D eigenvalue weighted by atomic mass is 15.0. The molecule has 0 atom stereocenters. The minimum absolute atomic E-state index is 0.511. The number of anilines is 1. The molecule has 1 aromatic rings. The fraction of sp³-hybridized carbons (Fsp3) is 0.615. The van der Waals surface area contributed by atoms with Gasteiger partial charge in [0.05, 0.1) is 0 Å². The van der Waals surface area contributed by atoms with Gasteiger partial charge in [0.25, 0.3) is 0 Å². The molecule has 0 aliphatic rings. The van der Waals surface area contributed by atoms with Crippen LogP contribution in [0.3, 0.4) is 0 Å². The third kappa shape index (κ3) is 4.19. The van der Waals surface area contributed by atoms with Crippen molar-refractivity contribution in [1.29, 1.82) is 0 Å². The summed E-state index contributed by atoms with van der Waals surface area (Å²) in [6, 6.07) is 4.72. The number of nitrogens with one attached hydrogen (secondary N) is 2. The van der Waals surface area contributed by atoms with Gasteiger partial charge in [0.2, 0.25) is 0 Å². The molecule has 0 amide bonds. The third-order valence-corrected chi connectivity index (χ3v) is 2.45. The molecule has 0 aliphatic carbocycles. The molecule has 16 heavy (non-hydrogen) atoms. The summed E-state index contributed by atoms with van der Waals surface area (Å²) in [6.45, 7) is 10.4. The summed E-state index contributed by atoms with van der Waals surface area (Å²) < 4.78 is 0. The summed E-state index contributed by atoms with van der Waals surface area (Å²) in [5, 5.41) is 6.70. The molecule has 0 fully saturated rings. The van der Waals surface area contributed by atoms with Gasteiger partial charge in [0.15, 0.2) is 0 Å². The van der Waals surface area contributed by atoms with Crippen LogP contribution in [0.2, 0.25) is 0 Å². The van der Waals surface area contributed by atoms with Crippen molar-refractivity contribution in [2.75, 3.05) is 11.9 Å². The van der Waals surface area contributed by atoms with Crippen LogP contribution in [0.1, 0.15) is 38.4 Å². The van der Waals surface area contributed by atoms with Gasteiger partial charge in [-0.15, -0.1) is 0 Å². The number of nitrogens with zero attached hydrogens (tertiary/aromatic N) is 1. The standard InChI is InChI=1S/C13H23N3/c1-5-8-14-13-7-6-12(11(4)16-13)9-15-10(2)3/h6-7,10,15H,5,8-9H2,1-4H3,(H,14,16). The lowest BCUT2D eigenvalue weighted by atomic mass is 10.2. The first-order valence-electron chi connectivity index (χ1n) is 6.07. The first-order valence-corrected chi connectivity index (χ1v) is 6.07. The predicted octanol–water partition coefficient (Wildman–Crippen LogP) is 2.71. The van der Waals surface area contributed by atoms with Crippen LogP contribution < -0.4 is 10.6 Å². The molecule has 90 valence electrons. The third-order valence-electron chi connectivity index (χ3n) is 2.45. The fourth-order valence-corrected chi connectivity index (χ4v) is 1.44. The van der Waals surface area contributed by atoms with E-state index in [-0.39, 0.29) is 0 Å². The van der Waals surface area contributed by atoms with Gasteiger partial charge in [-0.2, -0.15) is 0 Å². The number of aromatic nitrogens is 1. The Hall–Kier alpha value is -1.09. The van der Waals surface area contributed by atoms with E-state index >= 15 is 0 Å². The van der Waals surface area contributed by atoms with Gasteiger partial charge in [0.1, 0.15) is 5.82 Å². The van der Waals surface area contributed by atoms with Gasteiger partial charge in [-0.1, -0.05) is 26.8 Å². The van der Waals surface area contributed by atoms with Crippen molar-refractivity contribution >= 4 is 5.82 Å². The van der Waals surface area contributed by atoms with E-state index in [1.165, 1.54) is 5.56 Å². The second kappa shape index (κ2) is 6.48. The Bertz CT molecular complexity index is 321. The first-order chi connectivity index (χ1) is 7.63. The second-order valence-electron chi connectivity index (χ2n) is 4.40. The smallest absolute Gasteiger partial charge is 0.126 e. The molecule has 1 heterocycles. The number of hydrogen-bond donors (Lipinski definition) is 2. The van der Waals surface area contributed by atoms with Crippen molar-refractivity contribution in [2.45, 2.75) is 46.7 Å². The lowest BCUT2D eigenvalue weighted by Crippen LogP contribution is -2.22. The van der Waals surface area contributed by atoms with Gasteiger partial charge in [0, 0.05) is 24.8 Å². The molecular weight excluding hydrogens is 198 g/mol. The lowest BCUT2D eigenvalue weighted by Gasteiger charge is -2.11. The first kappa shape index (κ1) is 13.0. The Morgan fingerprint density at radius 2 is 2.06 bits per heavy atom. The van der Waals surface area contributed by atoms with Crippen LogP contribution in [0.4, 0.5) is 5.82 Å². The zero-order chi connectivity index (χ0) is 12.0. The van der Waals surface area contributed by atoms with Crippen molar-refractivity contribution in [1.82, 2.24) is 10.3 Å². The summed E-state index contributed by atoms with van der Waals surface area (Å²) in [6.07, 6.45) is 1.12. The quantitative estimate of drug-likeness (QED) is 0.775. The van der Waals surface area contributed by atoms with Gasteiger partial charge >= 0.3 is 0 Å². The van der Waals surface area contributed by atoms with Crippen molar-refractivity contribution in [2.24, 2.45) is 0 Å². The van der Waals surface area contributed by atoms with E-state index in [2.05, 4.69) is 55.4 Å². The molecule has 1 rings (SSSR count). The number of rotatable bonds is 6. The summed E-state index contributed by atoms with van der Waals surface area (Å²) in [5.41, 5.74) is 2.38. The second-order valence-corrected chi connectivity index (χ2v) is 4.40. The highest BCUT2D eigenvalue weighted by Gasteiger charge is 2.02. The molecule has 0 radical (unpaired) electrons. The van der Waals surface area contributed by atoms with Crippen LogP contribution in [0, 0.1) is 6.92 Å². The number of aryl methyl sites for hydroxylation is 1. The van der Waals surface area contributed by atoms with Gasteiger partial charge in [-0.25, -0.2) is 4.98 Å². The Labute approximate surface area is 98.7 Å². The van der Waals surface area contributed by atoms with E-state index in [9.17, 15) is 0 Å². The van der Waals surface area contributed by atoms with E-state index < -0.39 is 0 Å². The normalized spacial score (nSPS) is 10.8. The minimum Gasteiger partial charge on any atom is -0.370 e. The molecule has 3 nitrogen and oxygen atoms in total. The van der Waals surface area contributed by atoms with Crippen LogP contribution in [-0.4, -0.2) is 17.6 Å². The SMILES string of the molecule is CCCNc1ccc(CNC(C)C)c(C)n1. The van der Waals surface area contributed by atoms with E-state index in [4.69, 9.17) is 0 Å². The average molecular weight is 221 g/mol. The Balaban J connectivity index is 2.60. The van der Waals surface area contributed by atoms with Crippen molar-refractivity contribution < 1.29 is 0 Å². The highest BCUT2D eigenvalue weighted by molar-refractivity contribution is 5.38. The van der Waals surface area contributed by atoms with Crippen LogP contribution in [0.15, 0.2) is 12.1 Å². The van der Waals surface area contributed by atoms with Crippen LogP contribution in [0.5, 0.6) is 0 Å². The Morgan fingerprint density at radius 3 is 2.62 bits per heavy atom. The topological polar surface area (TPSA) is 37.0 Å². The zero-order valence-electron chi connectivity index (χ0n) is 10.8. The summed E-state index contributed by atoms with van der Waals surface area (Å²) in [7, 11) is 0. The van der Waals surface area contributed by atoms with E-state index in [0.717, 1.165) is 31.0 Å². The summed E-state index contributed by atoms with van der Waals surface area (Å²) in [5.74, 6) is 0.979. The number of hydrogen-bond acceptors (Lipinski definition) is 3. The molecular formula is C13H23N3. The molecule has 0 spiro atoms. The predicted molar refractivity (Wildman–Crippen MR) is 69.7 cm³/mol. The van der Waals surface area contributed by atoms with Crippen LogP contribution in [0.25, 0.3) is 0 Å². The summed E-state index contributed by atoms with van der Waals surface area (Å²) >= 11 is 0. The minimum atomic E-state index is 0.511. The molecule has 0 aromatic carbocycles. The monoisotopic (exact) mass is 221 g/mol. The Kier molecular flexibility index (Phi) is 5.26. The highest BCUT2D eigenvalue weighted by Crippen LogP contribution is 2.10. The molecule has 0 aliphatic heterocycles. The van der Waals surface area contributed by atoms with E-state index in [1.807, 2.05) is 0 Å². The van der Waals surface area contributed by atoms with Crippen LogP contribution in [-0.2, 0) is 6.54 Å². The van der Waals surface area contributed by atoms with Crippen LogP contribution >= 0.6 is 0 Å². The maximum absolute atomic E-state index is 4.54. The molecule has 1 aromatic heterocycles. The van der Waals surface area contributed by atoms with Gasteiger partial charge in [-0.3, -0.25) is 0 Å². The molecule has 0 saturated carbocycles. The summed E-state index contributed by atoms with van der Waals surface area (Å²) in [4.78, 5) is 4.54. The Morgan fingerprint density at radius 1 is 1.31 bits per heavy atom. The van der Waals surface area contributed by atoms with Crippen molar-refractivity contribution in [3.05, 3.63) is 23.4 Å². The van der Waals surface area contributed by atoms with Gasteiger partial charge in [-0.05, 0) is 25.0 Å². The van der Waals surface area contributed by atoms with E-state index in [1.54, 1.807) is 0 Å². The van der Waals surface area contributed by atoms with E-state index in [0.29, 0.717) is 6.04 Å². The lowest BCUT2D eigenvalue weighted by molar-refractivity contribution is 0.586. The zero-order valence-corrected chi connectivity index (χ0v) is 10.8.